The Morgan fingerprint density at radius 1 is 1.00 bits per heavy atom. The van der Waals surface area contributed by atoms with Crippen LogP contribution in [0.3, 0.4) is 0 Å². The number of aryl methyl sites for hydroxylation is 2. The number of rotatable bonds is 2. The molecular weight excluding hydrogens is 232 g/mol. The highest BCUT2D eigenvalue weighted by Crippen LogP contribution is 2.30. The molecule has 0 saturated heterocycles. The van der Waals surface area contributed by atoms with Crippen LogP contribution in [-0.2, 0) is 19.3 Å². The van der Waals surface area contributed by atoms with Crippen LogP contribution in [0.15, 0.2) is 36.4 Å². The Balaban J connectivity index is 2.22. The van der Waals surface area contributed by atoms with Gasteiger partial charge in [-0.1, -0.05) is 44.2 Å². The van der Waals surface area contributed by atoms with E-state index < -0.39 is 0 Å². The molecule has 0 N–H and O–H groups in total. The minimum atomic E-state index is 0.196. The SMILES string of the molecule is CCc1cc(CC)c2c(c1)C(=O)c1ccccc1C2. The number of carbonyl (C=O) groups is 1. The van der Waals surface area contributed by atoms with Gasteiger partial charge in [0.15, 0.2) is 5.78 Å². The summed E-state index contributed by atoms with van der Waals surface area (Å²) in [6, 6.07) is 12.3. The quantitative estimate of drug-likeness (QED) is 0.673. The topological polar surface area (TPSA) is 17.1 Å². The van der Waals surface area contributed by atoms with Gasteiger partial charge in [0, 0.05) is 11.1 Å². The number of fused-ring (bicyclic) bond motifs is 2. The van der Waals surface area contributed by atoms with E-state index in [9.17, 15) is 4.79 Å². The van der Waals surface area contributed by atoms with Gasteiger partial charge in [-0.05, 0) is 47.6 Å². The minimum absolute atomic E-state index is 0.196. The van der Waals surface area contributed by atoms with Crippen molar-refractivity contribution in [3.05, 3.63) is 69.8 Å². The molecule has 0 bridgehead atoms. The lowest BCUT2D eigenvalue weighted by Gasteiger charge is -2.22. The molecule has 2 aromatic rings. The van der Waals surface area contributed by atoms with Crippen LogP contribution in [0.5, 0.6) is 0 Å². The molecule has 0 spiro atoms. The van der Waals surface area contributed by atoms with Crippen LogP contribution < -0.4 is 0 Å². The number of hydrogen-bond donors (Lipinski definition) is 0. The summed E-state index contributed by atoms with van der Waals surface area (Å²) in [5.41, 5.74) is 6.81. The Kier molecular flexibility index (Phi) is 2.98. The Labute approximate surface area is 114 Å². The predicted molar refractivity (Wildman–Crippen MR) is 77.9 cm³/mol. The average Bonchev–Trinajstić information content (AvgIpc) is 2.47. The summed E-state index contributed by atoms with van der Waals surface area (Å²) >= 11 is 0. The van der Waals surface area contributed by atoms with Crippen molar-refractivity contribution in [2.24, 2.45) is 0 Å². The van der Waals surface area contributed by atoms with Gasteiger partial charge in [-0.25, -0.2) is 0 Å². The molecule has 1 heteroatoms. The molecule has 0 aromatic heterocycles. The van der Waals surface area contributed by atoms with Crippen LogP contribution in [0.2, 0.25) is 0 Å². The lowest BCUT2D eigenvalue weighted by Crippen LogP contribution is -2.17. The van der Waals surface area contributed by atoms with Crippen LogP contribution in [0.25, 0.3) is 0 Å². The van der Waals surface area contributed by atoms with Crippen molar-refractivity contribution in [1.82, 2.24) is 0 Å². The highest BCUT2D eigenvalue weighted by atomic mass is 16.1. The molecule has 0 radical (unpaired) electrons. The van der Waals surface area contributed by atoms with Crippen LogP contribution in [0.1, 0.15) is 52.0 Å². The zero-order valence-electron chi connectivity index (χ0n) is 11.5. The van der Waals surface area contributed by atoms with Gasteiger partial charge in [-0.15, -0.1) is 0 Å². The van der Waals surface area contributed by atoms with E-state index in [0.29, 0.717) is 0 Å². The second-order valence-electron chi connectivity index (χ2n) is 5.15. The first-order valence-corrected chi connectivity index (χ1v) is 7.01. The average molecular weight is 250 g/mol. The van der Waals surface area contributed by atoms with E-state index in [4.69, 9.17) is 0 Å². The first-order chi connectivity index (χ1) is 9.24. The highest BCUT2D eigenvalue weighted by molar-refractivity contribution is 6.12. The van der Waals surface area contributed by atoms with Gasteiger partial charge >= 0.3 is 0 Å². The van der Waals surface area contributed by atoms with Crippen LogP contribution in [-0.4, -0.2) is 5.78 Å². The Bertz CT molecular complexity index is 653. The van der Waals surface area contributed by atoms with E-state index >= 15 is 0 Å². The van der Waals surface area contributed by atoms with Gasteiger partial charge in [-0.2, -0.15) is 0 Å². The van der Waals surface area contributed by atoms with Crippen LogP contribution in [0, 0.1) is 0 Å². The standard InChI is InChI=1S/C18H18O/c1-3-12-9-13(4-2)16-11-14-7-5-6-8-15(14)18(19)17(16)10-12/h5-10H,3-4,11H2,1-2H3. The molecule has 19 heavy (non-hydrogen) atoms. The van der Waals surface area contributed by atoms with Gasteiger partial charge in [0.25, 0.3) is 0 Å². The molecule has 1 aliphatic carbocycles. The van der Waals surface area contributed by atoms with Crippen molar-refractivity contribution in [3.8, 4) is 0 Å². The summed E-state index contributed by atoms with van der Waals surface area (Å²) < 4.78 is 0. The second kappa shape index (κ2) is 4.65. The summed E-state index contributed by atoms with van der Waals surface area (Å²) in [5.74, 6) is 0.196. The van der Waals surface area contributed by atoms with Gasteiger partial charge in [0.1, 0.15) is 0 Å². The molecule has 0 saturated carbocycles. The number of carbonyl (C=O) groups excluding carboxylic acids is 1. The van der Waals surface area contributed by atoms with Gasteiger partial charge in [0.2, 0.25) is 0 Å². The summed E-state index contributed by atoms with van der Waals surface area (Å²) in [6.45, 7) is 4.31. The predicted octanol–water partition coefficient (Wildman–Crippen LogP) is 3.95. The lowest BCUT2D eigenvalue weighted by atomic mass is 9.81. The number of hydrogen-bond acceptors (Lipinski definition) is 1. The van der Waals surface area contributed by atoms with E-state index in [1.807, 2.05) is 18.2 Å². The van der Waals surface area contributed by atoms with Crippen molar-refractivity contribution in [3.63, 3.8) is 0 Å². The largest absolute Gasteiger partial charge is 0.289 e. The Morgan fingerprint density at radius 2 is 1.79 bits per heavy atom. The minimum Gasteiger partial charge on any atom is -0.289 e. The summed E-state index contributed by atoms with van der Waals surface area (Å²) in [6.07, 6.45) is 2.87. The van der Waals surface area contributed by atoms with Crippen LogP contribution >= 0.6 is 0 Å². The van der Waals surface area contributed by atoms with E-state index in [2.05, 4.69) is 32.0 Å². The third-order valence-corrected chi connectivity index (χ3v) is 4.07. The molecular formula is C18H18O. The van der Waals surface area contributed by atoms with Crippen LogP contribution in [0.4, 0.5) is 0 Å². The number of benzene rings is 2. The van der Waals surface area contributed by atoms with E-state index in [1.165, 1.54) is 22.3 Å². The molecule has 0 aliphatic heterocycles. The smallest absolute Gasteiger partial charge is 0.193 e. The molecule has 0 unspecified atom stereocenters. The molecule has 96 valence electrons. The summed E-state index contributed by atoms with van der Waals surface area (Å²) in [7, 11) is 0. The fourth-order valence-corrected chi connectivity index (χ4v) is 2.96. The van der Waals surface area contributed by atoms with Gasteiger partial charge in [0.05, 0.1) is 0 Å². The molecule has 1 aliphatic rings. The van der Waals surface area contributed by atoms with Crippen molar-refractivity contribution in [2.45, 2.75) is 33.1 Å². The van der Waals surface area contributed by atoms with Gasteiger partial charge in [-0.3, -0.25) is 4.79 Å². The molecule has 0 fully saturated rings. The third kappa shape index (κ3) is 1.90. The van der Waals surface area contributed by atoms with Crippen molar-refractivity contribution in [1.29, 1.82) is 0 Å². The third-order valence-electron chi connectivity index (χ3n) is 4.07. The first kappa shape index (κ1) is 12.2. The fraction of sp³-hybridized carbons (Fsp3) is 0.278. The first-order valence-electron chi connectivity index (χ1n) is 7.01. The van der Waals surface area contributed by atoms with E-state index in [-0.39, 0.29) is 5.78 Å². The summed E-state index contributed by atoms with van der Waals surface area (Å²) in [5, 5.41) is 0. The van der Waals surface area contributed by atoms with Gasteiger partial charge < -0.3 is 0 Å². The lowest BCUT2D eigenvalue weighted by molar-refractivity contribution is 0.103. The molecule has 0 amide bonds. The molecule has 3 rings (SSSR count). The summed E-state index contributed by atoms with van der Waals surface area (Å²) in [4.78, 5) is 12.6. The maximum absolute atomic E-state index is 12.6. The molecule has 0 atom stereocenters. The second-order valence-corrected chi connectivity index (χ2v) is 5.15. The van der Waals surface area contributed by atoms with E-state index in [1.54, 1.807) is 0 Å². The maximum atomic E-state index is 12.6. The highest BCUT2D eigenvalue weighted by Gasteiger charge is 2.24. The van der Waals surface area contributed by atoms with E-state index in [0.717, 1.165) is 30.4 Å². The zero-order valence-corrected chi connectivity index (χ0v) is 11.5. The molecule has 0 heterocycles. The monoisotopic (exact) mass is 250 g/mol. The number of ketones is 1. The van der Waals surface area contributed by atoms with Crippen molar-refractivity contribution in [2.75, 3.05) is 0 Å². The Morgan fingerprint density at radius 3 is 2.53 bits per heavy atom. The fourth-order valence-electron chi connectivity index (χ4n) is 2.96. The maximum Gasteiger partial charge on any atom is 0.193 e. The van der Waals surface area contributed by atoms with Crippen molar-refractivity contribution < 1.29 is 4.79 Å². The molecule has 2 aromatic carbocycles. The Hall–Kier alpha value is -1.89. The normalized spacial score (nSPS) is 13.1. The zero-order chi connectivity index (χ0) is 13.4. The molecule has 1 nitrogen and oxygen atoms in total. The van der Waals surface area contributed by atoms with Crippen molar-refractivity contribution >= 4 is 5.78 Å².